The Hall–Kier alpha value is -2.86. The molecule has 0 bridgehead atoms. The van der Waals surface area contributed by atoms with Crippen molar-refractivity contribution in [1.29, 1.82) is 0 Å². The molecule has 0 saturated heterocycles. The maximum atomic E-state index is 12.3. The standard InChI is InChI=1S/C19H18ClN3O3/c1-11-6-7-15(13(20)10-11)21-17(24)9-8-16-19(26)22-14-5-3-2-4-12(14)18(25)23-16/h2-7,10,16H,8-9H2,1H3,(H,21,24)(H,22,26)(H,23,25)/t16-/m1/s1. The van der Waals surface area contributed by atoms with Gasteiger partial charge >= 0.3 is 0 Å². The number of hydrogen-bond donors (Lipinski definition) is 3. The maximum Gasteiger partial charge on any atom is 0.254 e. The number of para-hydroxylation sites is 1. The molecule has 1 aliphatic rings. The molecule has 6 nitrogen and oxygen atoms in total. The van der Waals surface area contributed by atoms with E-state index in [0.717, 1.165) is 5.56 Å². The minimum Gasteiger partial charge on any atom is -0.340 e. The average Bonchev–Trinajstić information content (AvgIpc) is 2.72. The highest BCUT2D eigenvalue weighted by atomic mass is 35.5. The molecular weight excluding hydrogens is 354 g/mol. The SMILES string of the molecule is Cc1ccc(NC(=O)CC[C@H]2NC(=O)c3ccccc3NC2=O)c(Cl)c1. The molecule has 3 amide bonds. The molecule has 134 valence electrons. The largest absolute Gasteiger partial charge is 0.340 e. The number of hydrogen-bond acceptors (Lipinski definition) is 3. The number of carbonyl (C=O) groups is 3. The van der Waals surface area contributed by atoms with Crippen molar-refractivity contribution in [2.75, 3.05) is 10.6 Å². The third kappa shape index (κ3) is 4.03. The number of halogens is 1. The molecule has 1 atom stereocenters. The molecule has 7 heteroatoms. The van der Waals surface area contributed by atoms with Crippen LogP contribution in [0, 0.1) is 6.92 Å². The second-order valence-corrected chi connectivity index (χ2v) is 6.54. The zero-order valence-corrected chi connectivity index (χ0v) is 14.9. The van der Waals surface area contributed by atoms with Gasteiger partial charge in [-0.3, -0.25) is 14.4 Å². The van der Waals surface area contributed by atoms with Crippen LogP contribution in [0.3, 0.4) is 0 Å². The van der Waals surface area contributed by atoms with E-state index < -0.39 is 6.04 Å². The van der Waals surface area contributed by atoms with E-state index in [-0.39, 0.29) is 30.6 Å². The molecule has 0 aliphatic carbocycles. The number of rotatable bonds is 4. The first kappa shape index (κ1) is 17.9. The summed E-state index contributed by atoms with van der Waals surface area (Å²) >= 11 is 6.10. The molecular formula is C19H18ClN3O3. The molecule has 26 heavy (non-hydrogen) atoms. The van der Waals surface area contributed by atoms with E-state index in [1.165, 1.54) is 0 Å². The number of fused-ring (bicyclic) bond motifs is 1. The lowest BCUT2D eigenvalue weighted by Gasteiger charge is -2.14. The predicted molar refractivity (Wildman–Crippen MR) is 100 cm³/mol. The second kappa shape index (κ2) is 7.58. The van der Waals surface area contributed by atoms with Crippen molar-refractivity contribution in [1.82, 2.24) is 5.32 Å². The van der Waals surface area contributed by atoms with Crippen LogP contribution in [0.4, 0.5) is 11.4 Å². The molecule has 0 radical (unpaired) electrons. The summed E-state index contributed by atoms with van der Waals surface area (Å²) < 4.78 is 0. The Morgan fingerprint density at radius 3 is 2.73 bits per heavy atom. The Morgan fingerprint density at radius 2 is 1.96 bits per heavy atom. The highest BCUT2D eigenvalue weighted by Gasteiger charge is 2.27. The Bertz CT molecular complexity index is 882. The van der Waals surface area contributed by atoms with E-state index in [0.29, 0.717) is 22.0 Å². The fourth-order valence-corrected chi connectivity index (χ4v) is 3.01. The van der Waals surface area contributed by atoms with Gasteiger partial charge in [-0.2, -0.15) is 0 Å². The normalized spacial score (nSPS) is 16.2. The number of carbonyl (C=O) groups excluding carboxylic acids is 3. The molecule has 2 aromatic rings. The van der Waals surface area contributed by atoms with Gasteiger partial charge in [0.15, 0.2) is 0 Å². The van der Waals surface area contributed by atoms with E-state index in [4.69, 9.17) is 11.6 Å². The smallest absolute Gasteiger partial charge is 0.254 e. The monoisotopic (exact) mass is 371 g/mol. The Balaban J connectivity index is 1.61. The topological polar surface area (TPSA) is 87.3 Å². The molecule has 2 aromatic carbocycles. The van der Waals surface area contributed by atoms with Crippen LogP contribution in [0.15, 0.2) is 42.5 Å². The van der Waals surface area contributed by atoms with Crippen LogP contribution >= 0.6 is 11.6 Å². The van der Waals surface area contributed by atoms with Gasteiger partial charge in [-0.15, -0.1) is 0 Å². The molecule has 1 aliphatic heterocycles. The Kier molecular flexibility index (Phi) is 5.23. The fourth-order valence-electron chi connectivity index (χ4n) is 2.72. The highest BCUT2D eigenvalue weighted by Crippen LogP contribution is 2.23. The molecule has 0 spiro atoms. The average molecular weight is 372 g/mol. The van der Waals surface area contributed by atoms with Crippen LogP contribution in [0.5, 0.6) is 0 Å². The lowest BCUT2D eigenvalue weighted by molar-refractivity contribution is -0.118. The molecule has 0 aromatic heterocycles. The third-order valence-corrected chi connectivity index (χ3v) is 4.42. The van der Waals surface area contributed by atoms with Crippen LogP contribution in [0.25, 0.3) is 0 Å². The van der Waals surface area contributed by atoms with Crippen molar-refractivity contribution in [2.45, 2.75) is 25.8 Å². The van der Waals surface area contributed by atoms with Crippen LogP contribution in [0.2, 0.25) is 5.02 Å². The Labute approximate surface area is 155 Å². The van der Waals surface area contributed by atoms with Crippen molar-refractivity contribution in [3.63, 3.8) is 0 Å². The minimum atomic E-state index is -0.783. The van der Waals surface area contributed by atoms with Crippen molar-refractivity contribution >= 4 is 40.7 Å². The minimum absolute atomic E-state index is 0.0684. The van der Waals surface area contributed by atoms with Crippen molar-refractivity contribution in [2.24, 2.45) is 0 Å². The van der Waals surface area contributed by atoms with E-state index in [1.807, 2.05) is 13.0 Å². The second-order valence-electron chi connectivity index (χ2n) is 6.13. The summed E-state index contributed by atoms with van der Waals surface area (Å²) in [4.78, 5) is 36.7. The van der Waals surface area contributed by atoms with Gasteiger partial charge < -0.3 is 16.0 Å². The summed E-state index contributed by atoms with van der Waals surface area (Å²) in [6, 6.07) is 11.3. The first-order valence-electron chi connectivity index (χ1n) is 8.21. The van der Waals surface area contributed by atoms with Gasteiger partial charge in [0, 0.05) is 6.42 Å². The Morgan fingerprint density at radius 1 is 1.19 bits per heavy atom. The molecule has 3 rings (SSSR count). The molecule has 0 unspecified atom stereocenters. The third-order valence-electron chi connectivity index (χ3n) is 4.11. The van der Waals surface area contributed by atoms with Crippen LogP contribution in [0.1, 0.15) is 28.8 Å². The maximum absolute atomic E-state index is 12.3. The zero-order chi connectivity index (χ0) is 18.7. The van der Waals surface area contributed by atoms with E-state index in [9.17, 15) is 14.4 Å². The molecule has 3 N–H and O–H groups in total. The van der Waals surface area contributed by atoms with Crippen LogP contribution < -0.4 is 16.0 Å². The fraction of sp³-hybridized carbons (Fsp3) is 0.211. The van der Waals surface area contributed by atoms with Crippen molar-refractivity contribution in [3.05, 3.63) is 58.6 Å². The summed E-state index contributed by atoms with van der Waals surface area (Å²) in [5.41, 5.74) is 2.38. The van der Waals surface area contributed by atoms with Gasteiger partial charge in [0.05, 0.1) is 22.0 Å². The van der Waals surface area contributed by atoms with Gasteiger partial charge in [-0.25, -0.2) is 0 Å². The molecule has 0 saturated carbocycles. The van der Waals surface area contributed by atoms with Gasteiger partial charge in [0.25, 0.3) is 5.91 Å². The van der Waals surface area contributed by atoms with E-state index >= 15 is 0 Å². The number of amides is 3. The molecule has 1 heterocycles. The quantitative estimate of drug-likeness (QED) is 0.771. The predicted octanol–water partition coefficient (Wildman–Crippen LogP) is 3.12. The first-order valence-corrected chi connectivity index (χ1v) is 8.58. The lowest BCUT2D eigenvalue weighted by Crippen LogP contribution is -2.41. The summed E-state index contributed by atoms with van der Waals surface area (Å²) in [7, 11) is 0. The van der Waals surface area contributed by atoms with Crippen LogP contribution in [-0.2, 0) is 9.59 Å². The van der Waals surface area contributed by atoms with E-state index in [2.05, 4.69) is 16.0 Å². The summed E-state index contributed by atoms with van der Waals surface area (Å²) in [5.74, 6) is -0.963. The van der Waals surface area contributed by atoms with Gasteiger partial charge in [-0.05, 0) is 43.2 Å². The van der Waals surface area contributed by atoms with Crippen molar-refractivity contribution < 1.29 is 14.4 Å². The number of benzene rings is 2. The number of nitrogens with one attached hydrogen (secondary N) is 3. The lowest BCUT2D eigenvalue weighted by atomic mass is 10.1. The molecule has 0 fully saturated rings. The van der Waals surface area contributed by atoms with Crippen molar-refractivity contribution in [3.8, 4) is 0 Å². The summed E-state index contributed by atoms with van der Waals surface area (Å²) in [6.45, 7) is 1.91. The number of aryl methyl sites for hydroxylation is 1. The van der Waals surface area contributed by atoms with Crippen LogP contribution in [-0.4, -0.2) is 23.8 Å². The first-order chi connectivity index (χ1) is 12.4. The van der Waals surface area contributed by atoms with Gasteiger partial charge in [0.1, 0.15) is 6.04 Å². The van der Waals surface area contributed by atoms with E-state index in [1.54, 1.807) is 36.4 Å². The highest BCUT2D eigenvalue weighted by molar-refractivity contribution is 6.33. The zero-order valence-electron chi connectivity index (χ0n) is 14.1. The summed E-state index contributed by atoms with van der Waals surface area (Å²) in [5, 5.41) is 8.56. The summed E-state index contributed by atoms with van der Waals surface area (Å²) in [6.07, 6.45) is 0.250. The van der Waals surface area contributed by atoms with Gasteiger partial charge in [0.2, 0.25) is 11.8 Å². The van der Waals surface area contributed by atoms with Gasteiger partial charge in [-0.1, -0.05) is 29.8 Å². The number of anilines is 2.